The number of ketones is 1. The Bertz CT molecular complexity index is 1550. The lowest BCUT2D eigenvalue weighted by molar-refractivity contribution is -0.124. The van der Waals surface area contributed by atoms with Gasteiger partial charge in [0.1, 0.15) is 12.6 Å². The number of aryl methyl sites for hydroxylation is 1. The van der Waals surface area contributed by atoms with Gasteiger partial charge in [0.25, 0.3) is 5.91 Å². The molecule has 4 amide bonds. The second-order valence-electron chi connectivity index (χ2n) is 9.95. The maximum atomic E-state index is 14.2. The molecular weight excluding hydrogens is 516 g/mol. The van der Waals surface area contributed by atoms with Gasteiger partial charge >= 0.3 is 6.03 Å². The van der Waals surface area contributed by atoms with Gasteiger partial charge in [-0.3, -0.25) is 19.3 Å². The summed E-state index contributed by atoms with van der Waals surface area (Å²) in [6.45, 7) is 1.49. The zero-order valence-corrected chi connectivity index (χ0v) is 22.6. The van der Waals surface area contributed by atoms with Gasteiger partial charge in [0, 0.05) is 17.7 Å². The molecule has 0 saturated carbocycles. The monoisotopic (exact) mass is 546 g/mol. The number of carbonyl (C=O) groups excluding carboxylic acids is 4. The number of primary amides is 1. The molecule has 8 nitrogen and oxygen atoms in total. The third-order valence-corrected chi connectivity index (χ3v) is 7.13. The fourth-order valence-electron chi connectivity index (χ4n) is 5.22. The van der Waals surface area contributed by atoms with Crippen LogP contribution in [-0.4, -0.2) is 36.2 Å². The molecule has 41 heavy (non-hydrogen) atoms. The molecule has 0 saturated heterocycles. The number of hydrogen-bond donors (Lipinski definition) is 2. The van der Waals surface area contributed by atoms with Crippen LogP contribution in [0.15, 0.2) is 109 Å². The molecule has 0 radical (unpaired) electrons. The summed E-state index contributed by atoms with van der Waals surface area (Å²) < 4.78 is 0. The van der Waals surface area contributed by atoms with Crippen LogP contribution in [0.2, 0.25) is 0 Å². The third kappa shape index (κ3) is 5.86. The second kappa shape index (κ2) is 11.9. The Balaban J connectivity index is 1.51. The maximum absolute atomic E-state index is 14.2. The van der Waals surface area contributed by atoms with Gasteiger partial charge in [-0.2, -0.15) is 0 Å². The highest BCUT2D eigenvalue weighted by molar-refractivity contribution is 6.16. The molecule has 0 aromatic heterocycles. The third-order valence-electron chi connectivity index (χ3n) is 7.13. The lowest BCUT2D eigenvalue weighted by Crippen LogP contribution is -2.54. The van der Waals surface area contributed by atoms with E-state index in [1.165, 1.54) is 4.90 Å². The minimum Gasteiger partial charge on any atom is -0.351 e. The largest absolute Gasteiger partial charge is 0.351 e. The number of para-hydroxylation sites is 1. The Hall–Kier alpha value is -5.24. The summed E-state index contributed by atoms with van der Waals surface area (Å²) in [5.74, 6) is -1.33. The van der Waals surface area contributed by atoms with Crippen molar-refractivity contribution in [3.05, 3.63) is 131 Å². The van der Waals surface area contributed by atoms with E-state index >= 15 is 0 Å². The van der Waals surface area contributed by atoms with Crippen molar-refractivity contribution in [3.8, 4) is 0 Å². The molecule has 0 bridgehead atoms. The number of Topliss-reactive ketones (excluding diaryl/α,β-unsaturated/α-hetero) is 1. The molecule has 1 aliphatic rings. The predicted octanol–water partition coefficient (Wildman–Crippen LogP) is 4.77. The van der Waals surface area contributed by atoms with Crippen LogP contribution in [-0.2, 0) is 9.59 Å². The van der Waals surface area contributed by atoms with Gasteiger partial charge in [0.05, 0.1) is 11.7 Å². The molecule has 4 aromatic rings. The molecule has 206 valence electrons. The number of benzene rings is 4. The van der Waals surface area contributed by atoms with Crippen molar-refractivity contribution in [2.24, 2.45) is 5.73 Å². The van der Waals surface area contributed by atoms with E-state index in [2.05, 4.69) is 5.32 Å². The average Bonchev–Trinajstić information content (AvgIpc) is 3.07. The van der Waals surface area contributed by atoms with E-state index in [4.69, 9.17) is 5.73 Å². The SMILES string of the molecule is Cc1cccc(N(C(N)=O)[C@@H]2CC(=O)c3ccccc3N(CC(=O)NC(c3ccccc3)c3ccccc3)C2=O)c1. The number of hydrogen-bond acceptors (Lipinski definition) is 4. The smallest absolute Gasteiger partial charge is 0.320 e. The first-order valence-corrected chi connectivity index (χ1v) is 13.3. The van der Waals surface area contributed by atoms with Crippen molar-refractivity contribution in [3.63, 3.8) is 0 Å². The van der Waals surface area contributed by atoms with Gasteiger partial charge in [0.15, 0.2) is 5.78 Å². The van der Waals surface area contributed by atoms with Crippen molar-refractivity contribution in [2.75, 3.05) is 16.3 Å². The number of nitrogens with one attached hydrogen (secondary N) is 1. The maximum Gasteiger partial charge on any atom is 0.320 e. The van der Waals surface area contributed by atoms with Gasteiger partial charge in [-0.05, 0) is 47.9 Å². The summed E-state index contributed by atoms with van der Waals surface area (Å²) >= 11 is 0. The summed E-state index contributed by atoms with van der Waals surface area (Å²) in [6, 6.07) is 30.1. The van der Waals surface area contributed by atoms with Crippen molar-refractivity contribution in [1.82, 2.24) is 5.32 Å². The van der Waals surface area contributed by atoms with E-state index in [-0.39, 0.29) is 18.7 Å². The lowest BCUT2D eigenvalue weighted by atomic mass is 9.98. The number of nitrogens with two attached hydrogens (primary N) is 1. The highest BCUT2D eigenvalue weighted by atomic mass is 16.2. The van der Waals surface area contributed by atoms with Gasteiger partial charge < -0.3 is 16.0 Å². The van der Waals surface area contributed by atoms with Crippen LogP contribution in [0, 0.1) is 6.92 Å². The van der Waals surface area contributed by atoms with E-state index in [0.29, 0.717) is 16.9 Å². The predicted molar refractivity (Wildman–Crippen MR) is 158 cm³/mol. The van der Waals surface area contributed by atoms with Gasteiger partial charge in [0.2, 0.25) is 5.91 Å². The van der Waals surface area contributed by atoms with Crippen LogP contribution in [0.25, 0.3) is 0 Å². The number of urea groups is 1. The van der Waals surface area contributed by atoms with Crippen LogP contribution >= 0.6 is 0 Å². The van der Waals surface area contributed by atoms with Gasteiger partial charge in [-0.25, -0.2) is 4.79 Å². The number of carbonyl (C=O) groups is 4. The fraction of sp³-hybridized carbons (Fsp3) is 0.152. The Morgan fingerprint density at radius 3 is 2.10 bits per heavy atom. The summed E-state index contributed by atoms with van der Waals surface area (Å²) in [5.41, 5.74) is 9.39. The zero-order chi connectivity index (χ0) is 28.9. The summed E-state index contributed by atoms with van der Waals surface area (Å²) in [5, 5.41) is 3.06. The van der Waals surface area contributed by atoms with Crippen LogP contribution in [0.5, 0.6) is 0 Å². The molecule has 4 aromatic carbocycles. The molecule has 1 heterocycles. The molecule has 8 heteroatoms. The van der Waals surface area contributed by atoms with Crippen molar-refractivity contribution >= 4 is 35.0 Å². The minimum atomic E-state index is -1.24. The molecule has 0 spiro atoms. The van der Waals surface area contributed by atoms with Crippen LogP contribution in [0.4, 0.5) is 16.2 Å². The van der Waals surface area contributed by atoms with Gasteiger partial charge in [-0.15, -0.1) is 0 Å². The Labute approximate surface area is 238 Å². The summed E-state index contributed by atoms with van der Waals surface area (Å²) in [4.78, 5) is 56.4. The Morgan fingerprint density at radius 2 is 1.49 bits per heavy atom. The molecule has 1 atom stereocenters. The molecular formula is C33H30N4O4. The number of amides is 4. The quantitative estimate of drug-likeness (QED) is 0.348. The van der Waals surface area contributed by atoms with Crippen LogP contribution in [0.1, 0.15) is 39.5 Å². The number of anilines is 2. The van der Waals surface area contributed by atoms with Crippen LogP contribution in [0.3, 0.4) is 0 Å². The van der Waals surface area contributed by atoms with E-state index in [9.17, 15) is 19.2 Å². The van der Waals surface area contributed by atoms with Crippen molar-refractivity contribution in [2.45, 2.75) is 25.4 Å². The molecule has 1 aliphatic heterocycles. The van der Waals surface area contributed by atoms with Crippen LogP contribution < -0.4 is 20.9 Å². The zero-order valence-electron chi connectivity index (χ0n) is 22.6. The molecule has 0 fully saturated rings. The number of rotatable bonds is 7. The first-order chi connectivity index (χ1) is 19.8. The standard InChI is InChI=1S/C33H30N4O4/c1-22-11-10-16-25(19-22)37(33(34)41)28-20-29(38)26-17-8-9-18-27(26)36(32(28)40)21-30(39)35-31(23-12-4-2-5-13-23)24-14-6-3-7-15-24/h2-19,28,31H,20-21H2,1H3,(H2,34,41)(H,35,39)/t28-/m1/s1. The van der Waals surface area contributed by atoms with E-state index in [0.717, 1.165) is 21.6 Å². The fourth-order valence-corrected chi connectivity index (χ4v) is 5.22. The molecule has 0 unspecified atom stereocenters. The normalized spacial score (nSPS) is 14.8. The summed E-state index contributed by atoms with van der Waals surface area (Å²) in [7, 11) is 0. The Kier molecular flexibility index (Phi) is 7.92. The average molecular weight is 547 g/mol. The molecule has 5 rings (SSSR count). The number of nitrogens with zero attached hydrogens (tertiary/aromatic N) is 2. The minimum absolute atomic E-state index is 0.276. The molecule has 0 aliphatic carbocycles. The second-order valence-corrected chi connectivity index (χ2v) is 9.95. The van der Waals surface area contributed by atoms with Crippen molar-refractivity contribution in [1.29, 1.82) is 0 Å². The first-order valence-electron chi connectivity index (χ1n) is 13.3. The first kappa shape index (κ1) is 27.3. The molecule has 3 N–H and O–H groups in total. The van der Waals surface area contributed by atoms with Crippen molar-refractivity contribution < 1.29 is 19.2 Å². The number of fused-ring (bicyclic) bond motifs is 1. The summed E-state index contributed by atoms with van der Waals surface area (Å²) in [6.07, 6.45) is -0.276. The topological polar surface area (TPSA) is 113 Å². The van der Waals surface area contributed by atoms with E-state index in [1.54, 1.807) is 42.5 Å². The Morgan fingerprint density at radius 1 is 0.878 bits per heavy atom. The van der Waals surface area contributed by atoms with E-state index in [1.807, 2.05) is 73.7 Å². The highest BCUT2D eigenvalue weighted by Gasteiger charge is 2.40. The van der Waals surface area contributed by atoms with E-state index < -0.39 is 29.9 Å². The highest BCUT2D eigenvalue weighted by Crippen LogP contribution is 2.31. The lowest BCUT2D eigenvalue weighted by Gasteiger charge is -2.32. The van der Waals surface area contributed by atoms with Gasteiger partial charge in [-0.1, -0.05) is 84.9 Å².